The van der Waals surface area contributed by atoms with E-state index in [1.807, 2.05) is 22.7 Å². The Labute approximate surface area is 143 Å². The fraction of sp³-hybridized carbons (Fsp3) is 0.474. The van der Waals surface area contributed by atoms with Gasteiger partial charge in [-0.25, -0.2) is 4.68 Å². The summed E-state index contributed by atoms with van der Waals surface area (Å²) in [5.74, 6) is 0.575. The molecule has 0 unspecified atom stereocenters. The van der Waals surface area contributed by atoms with Crippen molar-refractivity contribution in [3.8, 4) is 5.69 Å². The van der Waals surface area contributed by atoms with E-state index in [1.54, 1.807) is 0 Å². The van der Waals surface area contributed by atoms with E-state index in [4.69, 9.17) is 4.74 Å². The molecule has 1 aromatic heterocycles. The Kier molecular flexibility index (Phi) is 5.30. The first-order valence-corrected chi connectivity index (χ1v) is 8.64. The minimum atomic E-state index is 0.102. The number of benzene rings is 1. The van der Waals surface area contributed by atoms with E-state index in [1.165, 1.54) is 11.1 Å². The number of hydrogen-bond acceptors (Lipinski definition) is 3. The van der Waals surface area contributed by atoms with Crippen molar-refractivity contribution in [2.75, 3.05) is 26.3 Å². The number of likely N-dealkylation sites (tertiary alicyclic amines) is 1. The molecule has 5 nitrogen and oxygen atoms in total. The van der Waals surface area contributed by atoms with E-state index in [2.05, 4.69) is 42.5 Å². The maximum Gasteiger partial charge on any atom is 0.248 e. The molecule has 0 radical (unpaired) electrons. The van der Waals surface area contributed by atoms with Crippen LogP contribution >= 0.6 is 0 Å². The van der Waals surface area contributed by atoms with E-state index < -0.39 is 0 Å². The zero-order valence-corrected chi connectivity index (χ0v) is 14.4. The smallest absolute Gasteiger partial charge is 0.248 e. The van der Waals surface area contributed by atoms with Crippen LogP contribution in [0, 0.1) is 6.92 Å². The fourth-order valence-corrected chi connectivity index (χ4v) is 3.13. The average Bonchev–Trinajstić information content (AvgIpc) is 3.10. The zero-order chi connectivity index (χ0) is 16.9. The lowest BCUT2D eigenvalue weighted by Gasteiger charge is -2.31. The monoisotopic (exact) mass is 327 g/mol. The lowest BCUT2D eigenvalue weighted by atomic mass is 9.91. The van der Waals surface area contributed by atoms with Crippen LogP contribution in [0.1, 0.15) is 36.8 Å². The van der Waals surface area contributed by atoms with Crippen LogP contribution in [0.5, 0.6) is 0 Å². The molecule has 0 bridgehead atoms. The van der Waals surface area contributed by atoms with Gasteiger partial charge >= 0.3 is 0 Å². The summed E-state index contributed by atoms with van der Waals surface area (Å²) in [4.78, 5) is 13.9. The molecule has 1 aliphatic heterocycles. The highest BCUT2D eigenvalue weighted by Gasteiger charge is 2.24. The number of carbonyl (C=O) groups is 1. The zero-order valence-electron chi connectivity index (χ0n) is 14.4. The number of rotatable bonds is 5. The van der Waals surface area contributed by atoms with Crippen molar-refractivity contribution in [1.82, 2.24) is 14.7 Å². The van der Waals surface area contributed by atoms with Gasteiger partial charge in [0, 0.05) is 25.9 Å². The van der Waals surface area contributed by atoms with E-state index >= 15 is 0 Å². The minimum Gasteiger partial charge on any atom is -0.372 e. The quantitative estimate of drug-likeness (QED) is 0.848. The summed E-state index contributed by atoms with van der Waals surface area (Å²) >= 11 is 0. The summed E-state index contributed by atoms with van der Waals surface area (Å²) < 4.78 is 7.15. The molecule has 1 fully saturated rings. The third-order valence-electron chi connectivity index (χ3n) is 4.65. The van der Waals surface area contributed by atoms with Crippen LogP contribution in [0.25, 0.3) is 5.69 Å². The van der Waals surface area contributed by atoms with Gasteiger partial charge in [0.1, 0.15) is 6.61 Å². The first kappa shape index (κ1) is 16.7. The molecule has 0 saturated carbocycles. The molecule has 1 amide bonds. The molecule has 128 valence electrons. The van der Waals surface area contributed by atoms with Crippen molar-refractivity contribution in [3.05, 3.63) is 47.8 Å². The van der Waals surface area contributed by atoms with Crippen LogP contribution in [0.4, 0.5) is 0 Å². The maximum absolute atomic E-state index is 12.0. The molecule has 1 saturated heterocycles. The van der Waals surface area contributed by atoms with E-state index in [9.17, 15) is 4.79 Å². The van der Waals surface area contributed by atoms with E-state index in [-0.39, 0.29) is 12.5 Å². The molecule has 2 heterocycles. The highest BCUT2D eigenvalue weighted by Crippen LogP contribution is 2.28. The SMILES string of the molecule is CCOCC(=O)N1CCC(c2cnn(-c3ccc(C)cc3)c2)CC1. The van der Waals surface area contributed by atoms with Crippen molar-refractivity contribution in [1.29, 1.82) is 0 Å². The largest absolute Gasteiger partial charge is 0.372 e. The second-order valence-corrected chi connectivity index (χ2v) is 6.35. The summed E-state index contributed by atoms with van der Waals surface area (Å²) in [7, 11) is 0. The Balaban J connectivity index is 1.59. The highest BCUT2D eigenvalue weighted by atomic mass is 16.5. The van der Waals surface area contributed by atoms with Gasteiger partial charge in [0.15, 0.2) is 0 Å². The lowest BCUT2D eigenvalue weighted by molar-refractivity contribution is -0.137. The normalized spacial score (nSPS) is 15.7. The number of carbonyl (C=O) groups excluding carboxylic acids is 1. The summed E-state index contributed by atoms with van der Waals surface area (Å²) in [5.41, 5.74) is 3.58. The molecule has 5 heteroatoms. The third kappa shape index (κ3) is 3.85. The van der Waals surface area contributed by atoms with Crippen LogP contribution in [-0.2, 0) is 9.53 Å². The van der Waals surface area contributed by atoms with Crippen LogP contribution in [-0.4, -0.2) is 46.9 Å². The number of aromatic nitrogens is 2. The molecule has 1 aliphatic rings. The van der Waals surface area contributed by atoms with E-state index in [0.29, 0.717) is 12.5 Å². The van der Waals surface area contributed by atoms with Gasteiger partial charge in [-0.2, -0.15) is 5.10 Å². The number of ether oxygens (including phenoxy) is 1. The van der Waals surface area contributed by atoms with Crippen LogP contribution in [0.2, 0.25) is 0 Å². The van der Waals surface area contributed by atoms with Crippen molar-refractivity contribution in [3.63, 3.8) is 0 Å². The van der Waals surface area contributed by atoms with Crippen LogP contribution in [0.3, 0.4) is 0 Å². The van der Waals surface area contributed by atoms with Gasteiger partial charge in [-0.05, 0) is 50.3 Å². The Morgan fingerprint density at radius 3 is 2.62 bits per heavy atom. The molecular weight excluding hydrogens is 302 g/mol. The first-order valence-electron chi connectivity index (χ1n) is 8.64. The fourth-order valence-electron chi connectivity index (χ4n) is 3.13. The number of piperidine rings is 1. The Morgan fingerprint density at radius 1 is 1.25 bits per heavy atom. The third-order valence-corrected chi connectivity index (χ3v) is 4.65. The standard InChI is InChI=1S/C19H25N3O2/c1-3-24-14-19(23)21-10-8-16(9-11-21)17-12-20-22(13-17)18-6-4-15(2)5-7-18/h4-7,12-13,16H,3,8-11,14H2,1-2H3. The second-order valence-electron chi connectivity index (χ2n) is 6.35. The van der Waals surface area contributed by atoms with Crippen molar-refractivity contribution < 1.29 is 9.53 Å². The Bertz CT molecular complexity index is 670. The average molecular weight is 327 g/mol. The van der Waals surface area contributed by atoms with Gasteiger partial charge in [-0.3, -0.25) is 4.79 Å². The van der Waals surface area contributed by atoms with Gasteiger partial charge in [0.2, 0.25) is 5.91 Å². The number of amides is 1. The van der Waals surface area contributed by atoms with Gasteiger partial charge < -0.3 is 9.64 Å². The van der Waals surface area contributed by atoms with Crippen molar-refractivity contribution in [2.24, 2.45) is 0 Å². The van der Waals surface area contributed by atoms with Gasteiger partial charge in [-0.15, -0.1) is 0 Å². The predicted molar refractivity (Wildman–Crippen MR) is 93.3 cm³/mol. The van der Waals surface area contributed by atoms with Crippen LogP contribution in [0.15, 0.2) is 36.7 Å². The molecular formula is C19H25N3O2. The van der Waals surface area contributed by atoms with E-state index in [0.717, 1.165) is 31.6 Å². The first-order chi connectivity index (χ1) is 11.7. The molecule has 0 atom stereocenters. The molecule has 0 aliphatic carbocycles. The molecule has 1 aromatic carbocycles. The highest BCUT2D eigenvalue weighted by molar-refractivity contribution is 5.77. The Morgan fingerprint density at radius 2 is 1.96 bits per heavy atom. The summed E-state index contributed by atoms with van der Waals surface area (Å²) in [5, 5.41) is 4.50. The Hall–Kier alpha value is -2.14. The second kappa shape index (κ2) is 7.62. The molecule has 3 rings (SSSR count). The molecule has 2 aromatic rings. The van der Waals surface area contributed by atoms with Crippen molar-refractivity contribution in [2.45, 2.75) is 32.6 Å². The minimum absolute atomic E-state index is 0.102. The number of nitrogens with zero attached hydrogens (tertiary/aromatic N) is 3. The molecule has 0 spiro atoms. The van der Waals surface area contributed by atoms with Crippen LogP contribution < -0.4 is 0 Å². The lowest BCUT2D eigenvalue weighted by Crippen LogP contribution is -2.39. The van der Waals surface area contributed by atoms with Gasteiger partial charge in [-0.1, -0.05) is 17.7 Å². The number of aryl methyl sites for hydroxylation is 1. The van der Waals surface area contributed by atoms with Gasteiger partial charge in [0.05, 0.1) is 11.9 Å². The molecule has 0 N–H and O–H groups in total. The summed E-state index contributed by atoms with van der Waals surface area (Å²) in [6.07, 6.45) is 6.05. The van der Waals surface area contributed by atoms with Gasteiger partial charge in [0.25, 0.3) is 0 Å². The summed E-state index contributed by atoms with van der Waals surface area (Å²) in [6.45, 7) is 6.37. The predicted octanol–water partition coefficient (Wildman–Crippen LogP) is 2.92. The number of hydrogen-bond donors (Lipinski definition) is 0. The van der Waals surface area contributed by atoms with Crippen molar-refractivity contribution >= 4 is 5.91 Å². The molecule has 24 heavy (non-hydrogen) atoms. The maximum atomic E-state index is 12.0. The topological polar surface area (TPSA) is 47.4 Å². The summed E-state index contributed by atoms with van der Waals surface area (Å²) in [6, 6.07) is 8.36.